The van der Waals surface area contributed by atoms with Gasteiger partial charge in [-0.05, 0) is 24.8 Å². The zero-order chi connectivity index (χ0) is 16.0. The fraction of sp³-hybridized carbons (Fsp3) is 0.375. The summed E-state index contributed by atoms with van der Waals surface area (Å²) in [5.41, 5.74) is 3.85. The average molecular weight is 315 g/mol. The molecule has 5 nitrogen and oxygen atoms in total. The van der Waals surface area contributed by atoms with Gasteiger partial charge in [-0.3, -0.25) is 0 Å². The van der Waals surface area contributed by atoms with Crippen LogP contribution in [0.1, 0.15) is 30.5 Å². The van der Waals surface area contributed by atoms with E-state index in [2.05, 4.69) is 20.1 Å². The Morgan fingerprint density at radius 3 is 2.74 bits per heavy atom. The predicted molar refractivity (Wildman–Crippen MR) is 80.2 cm³/mol. The van der Waals surface area contributed by atoms with Crippen LogP contribution < -0.4 is 0 Å². The third-order valence-corrected chi connectivity index (χ3v) is 4.29. The van der Waals surface area contributed by atoms with Crippen LogP contribution in [0.2, 0.25) is 0 Å². The molecule has 0 spiro atoms. The second kappa shape index (κ2) is 5.33. The minimum atomic E-state index is -2.29. The molecule has 0 bridgehead atoms. The number of halogens is 2. The highest BCUT2D eigenvalue weighted by atomic mass is 19.3. The molecule has 1 aliphatic rings. The van der Waals surface area contributed by atoms with Crippen LogP contribution in [0, 0.1) is 5.92 Å². The lowest BCUT2D eigenvalue weighted by molar-refractivity contribution is 0.120. The number of aromatic nitrogens is 5. The normalized spacial score (nSPS) is 20.3. The lowest BCUT2D eigenvalue weighted by Gasteiger charge is -2.07. The van der Waals surface area contributed by atoms with Crippen LogP contribution in [0.5, 0.6) is 0 Å². The third kappa shape index (κ3) is 2.46. The molecule has 0 aromatic carbocycles. The summed E-state index contributed by atoms with van der Waals surface area (Å²) in [7, 11) is 0. The predicted octanol–water partition coefficient (Wildman–Crippen LogP) is 3.12. The van der Waals surface area contributed by atoms with Crippen molar-refractivity contribution in [2.75, 3.05) is 0 Å². The molecule has 0 N–H and O–H groups in total. The van der Waals surface area contributed by atoms with E-state index in [0.29, 0.717) is 17.8 Å². The zero-order valence-electron chi connectivity index (χ0n) is 12.5. The number of imidazole rings is 1. The number of hydrogen-bond acceptors (Lipinski definition) is 4. The van der Waals surface area contributed by atoms with E-state index in [1.54, 1.807) is 16.9 Å². The van der Waals surface area contributed by atoms with E-state index in [4.69, 9.17) is 0 Å². The van der Waals surface area contributed by atoms with Gasteiger partial charge in [-0.1, -0.05) is 6.92 Å². The number of alkyl halides is 2. The summed E-state index contributed by atoms with van der Waals surface area (Å²) in [4.78, 5) is 12.5. The van der Waals surface area contributed by atoms with Crippen molar-refractivity contribution in [2.45, 2.75) is 32.1 Å². The summed E-state index contributed by atoms with van der Waals surface area (Å²) < 4.78 is 27.7. The van der Waals surface area contributed by atoms with Gasteiger partial charge in [0.25, 0.3) is 0 Å². The highest BCUT2D eigenvalue weighted by Crippen LogP contribution is 2.52. The number of fused-ring (bicyclic) bond motifs is 1. The monoisotopic (exact) mass is 315 g/mol. The Bertz CT molecular complexity index is 846. The minimum Gasteiger partial charge on any atom is -0.244 e. The van der Waals surface area contributed by atoms with Gasteiger partial charge < -0.3 is 0 Å². The molecule has 1 fully saturated rings. The molecule has 2 atom stereocenters. The lowest BCUT2D eigenvalue weighted by Crippen LogP contribution is -2.01. The molecule has 1 saturated carbocycles. The molecule has 3 aromatic heterocycles. The zero-order valence-corrected chi connectivity index (χ0v) is 12.5. The Morgan fingerprint density at radius 1 is 1.30 bits per heavy atom. The SMILES string of the molecule is CCc1cn2nc(-c3cncnc3)cc([C@H]3C[C@@H]3C(F)F)c2n1. The van der Waals surface area contributed by atoms with Crippen molar-refractivity contribution in [3.05, 3.63) is 42.2 Å². The van der Waals surface area contributed by atoms with Crippen molar-refractivity contribution in [3.63, 3.8) is 0 Å². The largest absolute Gasteiger partial charge is 0.244 e. The van der Waals surface area contributed by atoms with Gasteiger partial charge in [-0.15, -0.1) is 0 Å². The first-order valence-corrected chi connectivity index (χ1v) is 7.60. The van der Waals surface area contributed by atoms with Gasteiger partial charge in [0, 0.05) is 29.4 Å². The Labute approximate surface area is 131 Å². The van der Waals surface area contributed by atoms with Crippen LogP contribution in [0.3, 0.4) is 0 Å². The summed E-state index contributed by atoms with van der Waals surface area (Å²) in [6, 6.07) is 1.85. The number of nitrogens with zero attached hydrogens (tertiary/aromatic N) is 5. The summed E-state index contributed by atoms with van der Waals surface area (Å²) in [5, 5.41) is 4.54. The third-order valence-electron chi connectivity index (χ3n) is 4.29. The Kier molecular flexibility index (Phi) is 3.28. The second-order valence-corrected chi connectivity index (χ2v) is 5.81. The van der Waals surface area contributed by atoms with Crippen molar-refractivity contribution in [2.24, 2.45) is 5.92 Å². The van der Waals surface area contributed by atoms with E-state index >= 15 is 0 Å². The molecule has 1 aliphatic carbocycles. The van der Waals surface area contributed by atoms with Gasteiger partial charge in [0.15, 0.2) is 5.65 Å². The van der Waals surface area contributed by atoms with E-state index in [1.165, 1.54) is 6.33 Å². The quantitative estimate of drug-likeness (QED) is 0.742. The highest BCUT2D eigenvalue weighted by Gasteiger charge is 2.46. The molecule has 0 saturated heterocycles. The molecule has 0 amide bonds. The van der Waals surface area contributed by atoms with E-state index in [1.807, 2.05) is 19.2 Å². The van der Waals surface area contributed by atoms with Gasteiger partial charge in [-0.25, -0.2) is 28.2 Å². The van der Waals surface area contributed by atoms with E-state index in [0.717, 1.165) is 23.2 Å². The van der Waals surface area contributed by atoms with Gasteiger partial charge >= 0.3 is 0 Å². The molecule has 3 heterocycles. The van der Waals surface area contributed by atoms with E-state index in [-0.39, 0.29) is 5.92 Å². The van der Waals surface area contributed by atoms with Crippen molar-refractivity contribution in [3.8, 4) is 11.3 Å². The lowest BCUT2D eigenvalue weighted by atomic mass is 10.1. The van der Waals surface area contributed by atoms with E-state index in [9.17, 15) is 8.78 Å². The summed E-state index contributed by atoms with van der Waals surface area (Å²) in [6.45, 7) is 2.01. The van der Waals surface area contributed by atoms with Crippen LogP contribution in [0.4, 0.5) is 8.78 Å². The summed E-state index contributed by atoms with van der Waals surface area (Å²) >= 11 is 0. The van der Waals surface area contributed by atoms with E-state index < -0.39 is 12.3 Å². The van der Waals surface area contributed by atoms with Crippen molar-refractivity contribution in [1.29, 1.82) is 0 Å². The number of rotatable bonds is 4. The Balaban J connectivity index is 1.87. The molecule has 118 valence electrons. The van der Waals surface area contributed by atoms with Gasteiger partial charge in [0.1, 0.15) is 6.33 Å². The highest BCUT2D eigenvalue weighted by molar-refractivity contribution is 5.63. The number of hydrogen-bond donors (Lipinski definition) is 0. The molecule has 3 aromatic rings. The van der Waals surface area contributed by atoms with Crippen molar-refractivity contribution < 1.29 is 8.78 Å². The number of aryl methyl sites for hydroxylation is 1. The van der Waals surface area contributed by atoms with Crippen LogP contribution >= 0.6 is 0 Å². The van der Waals surface area contributed by atoms with Crippen LogP contribution in [0.25, 0.3) is 16.9 Å². The van der Waals surface area contributed by atoms with Gasteiger partial charge in [0.2, 0.25) is 6.43 Å². The molecule has 4 rings (SSSR count). The van der Waals surface area contributed by atoms with Crippen LogP contribution in [-0.2, 0) is 6.42 Å². The smallest absolute Gasteiger partial charge is 0.242 e. The fourth-order valence-electron chi connectivity index (χ4n) is 2.91. The second-order valence-electron chi connectivity index (χ2n) is 5.81. The molecular weight excluding hydrogens is 300 g/mol. The maximum Gasteiger partial charge on any atom is 0.242 e. The fourth-order valence-corrected chi connectivity index (χ4v) is 2.91. The molecule has 7 heteroatoms. The van der Waals surface area contributed by atoms with Crippen LogP contribution in [0.15, 0.2) is 31.0 Å². The average Bonchev–Trinajstić information content (AvgIpc) is 3.26. The topological polar surface area (TPSA) is 56.0 Å². The Morgan fingerprint density at radius 2 is 2.09 bits per heavy atom. The van der Waals surface area contributed by atoms with Gasteiger partial charge in [0.05, 0.1) is 17.6 Å². The Hall–Kier alpha value is -2.44. The first kappa shape index (κ1) is 14.2. The maximum atomic E-state index is 13.0. The first-order valence-electron chi connectivity index (χ1n) is 7.60. The van der Waals surface area contributed by atoms with Gasteiger partial charge in [-0.2, -0.15) is 5.10 Å². The van der Waals surface area contributed by atoms with Crippen molar-refractivity contribution in [1.82, 2.24) is 24.6 Å². The minimum absolute atomic E-state index is 0.156. The molecule has 0 unspecified atom stereocenters. The maximum absolute atomic E-state index is 13.0. The summed E-state index contributed by atoms with van der Waals surface area (Å²) in [6.07, 6.45) is 5.61. The van der Waals surface area contributed by atoms with Crippen molar-refractivity contribution >= 4 is 5.65 Å². The standard InChI is InChI=1S/C16H15F2N5/c1-2-10-7-23-16(21-10)13(11-3-12(11)15(17)18)4-14(22-23)9-5-19-8-20-6-9/h4-8,11-12,15H,2-3H2,1H3/t11-,12-/m0/s1. The summed E-state index contributed by atoms with van der Waals surface area (Å²) in [5.74, 6) is -0.737. The first-order chi connectivity index (χ1) is 11.2. The molecule has 23 heavy (non-hydrogen) atoms. The molecular formula is C16H15F2N5. The molecule has 0 aliphatic heterocycles. The molecule has 0 radical (unpaired) electrons. The van der Waals surface area contributed by atoms with Crippen LogP contribution in [-0.4, -0.2) is 31.0 Å².